The Morgan fingerprint density at radius 1 is 0.281 bits per heavy atom. The lowest BCUT2D eigenvalue weighted by Gasteiger charge is -2.28. The molecule has 0 saturated heterocycles. The van der Waals surface area contributed by atoms with Crippen LogP contribution in [0.3, 0.4) is 0 Å². The molecule has 0 unspecified atom stereocenters. The van der Waals surface area contributed by atoms with Gasteiger partial charge in [-0.15, -0.1) is 0 Å². The second-order valence-corrected chi connectivity index (χ2v) is 16.5. The molecule has 0 aliphatic carbocycles. The van der Waals surface area contributed by atoms with Crippen LogP contribution in [0.1, 0.15) is 0 Å². The van der Waals surface area contributed by atoms with Crippen molar-refractivity contribution in [3.8, 4) is 50.2 Å². The van der Waals surface area contributed by atoms with Crippen molar-refractivity contribution >= 4 is 60.4 Å². The summed E-state index contributed by atoms with van der Waals surface area (Å²) in [5.41, 5.74) is 16.4. The minimum absolute atomic E-state index is 1.09. The fourth-order valence-corrected chi connectivity index (χ4v) is 9.74. The number of benzene rings is 11. The zero-order valence-electron chi connectivity index (χ0n) is 35.1. The van der Waals surface area contributed by atoms with E-state index < -0.39 is 0 Å². The van der Waals surface area contributed by atoms with Gasteiger partial charge in [0, 0.05) is 33.4 Å². The third kappa shape index (κ3) is 6.52. The molecule has 64 heavy (non-hydrogen) atoms. The fourth-order valence-electron chi connectivity index (χ4n) is 9.74. The highest BCUT2D eigenvalue weighted by Gasteiger charge is 2.20. The summed E-state index contributed by atoms with van der Waals surface area (Å²) in [6.07, 6.45) is 0. The van der Waals surface area contributed by atoms with Crippen LogP contribution in [0.5, 0.6) is 0 Å². The van der Waals surface area contributed by atoms with Crippen LogP contribution >= 0.6 is 0 Å². The molecule has 12 rings (SSSR count). The molecular formula is C62H42N2. The summed E-state index contributed by atoms with van der Waals surface area (Å²) in [7, 11) is 0. The average Bonchev–Trinajstić information content (AvgIpc) is 3.72. The molecule has 0 fully saturated rings. The van der Waals surface area contributed by atoms with Crippen molar-refractivity contribution in [2.45, 2.75) is 0 Å². The first-order valence-corrected chi connectivity index (χ1v) is 22.0. The Morgan fingerprint density at radius 2 is 0.797 bits per heavy atom. The van der Waals surface area contributed by atoms with Crippen molar-refractivity contribution in [1.29, 1.82) is 0 Å². The quantitative estimate of drug-likeness (QED) is 0.139. The molecule has 0 atom stereocenters. The van der Waals surface area contributed by atoms with Gasteiger partial charge < -0.3 is 9.47 Å². The van der Waals surface area contributed by atoms with Crippen molar-refractivity contribution in [2.75, 3.05) is 4.90 Å². The zero-order valence-corrected chi connectivity index (χ0v) is 35.1. The Labute approximate surface area is 373 Å². The van der Waals surface area contributed by atoms with Crippen LogP contribution in [0.2, 0.25) is 0 Å². The Balaban J connectivity index is 0.990. The van der Waals surface area contributed by atoms with Gasteiger partial charge in [0.15, 0.2) is 0 Å². The first-order valence-electron chi connectivity index (χ1n) is 22.0. The van der Waals surface area contributed by atoms with E-state index in [9.17, 15) is 0 Å². The first-order chi connectivity index (χ1) is 31.7. The maximum absolute atomic E-state index is 2.42. The minimum Gasteiger partial charge on any atom is -0.310 e. The molecule has 0 aliphatic heterocycles. The lowest BCUT2D eigenvalue weighted by molar-refractivity contribution is 1.18. The van der Waals surface area contributed by atoms with E-state index in [4.69, 9.17) is 0 Å². The molecule has 0 N–H and O–H groups in total. The molecule has 0 aliphatic rings. The van der Waals surface area contributed by atoms with Gasteiger partial charge in [0.1, 0.15) is 0 Å². The van der Waals surface area contributed by atoms with E-state index in [-0.39, 0.29) is 0 Å². The average molecular weight is 815 g/mol. The molecule has 0 spiro atoms. The van der Waals surface area contributed by atoms with Gasteiger partial charge in [0.05, 0.1) is 16.7 Å². The van der Waals surface area contributed by atoms with Gasteiger partial charge in [0.25, 0.3) is 0 Å². The van der Waals surface area contributed by atoms with Gasteiger partial charge in [-0.1, -0.05) is 194 Å². The van der Waals surface area contributed by atoms with Gasteiger partial charge >= 0.3 is 0 Å². The number of nitrogens with zero attached hydrogens (tertiary/aromatic N) is 2. The highest BCUT2D eigenvalue weighted by Crippen LogP contribution is 2.45. The van der Waals surface area contributed by atoms with E-state index in [1.807, 2.05) is 0 Å². The molecule has 1 aromatic heterocycles. The highest BCUT2D eigenvalue weighted by atomic mass is 15.1. The van der Waals surface area contributed by atoms with Crippen LogP contribution in [0.15, 0.2) is 255 Å². The molecule has 0 bridgehead atoms. The highest BCUT2D eigenvalue weighted by molar-refractivity contribution is 6.16. The lowest BCUT2D eigenvalue weighted by Crippen LogP contribution is -2.11. The Bertz CT molecular complexity index is 3640. The van der Waals surface area contributed by atoms with Crippen molar-refractivity contribution in [3.63, 3.8) is 0 Å². The normalized spacial score (nSPS) is 11.4. The maximum atomic E-state index is 2.42. The van der Waals surface area contributed by atoms with E-state index in [1.54, 1.807) is 0 Å². The predicted molar refractivity (Wildman–Crippen MR) is 272 cm³/mol. The van der Waals surface area contributed by atoms with Gasteiger partial charge in [-0.2, -0.15) is 0 Å². The summed E-state index contributed by atoms with van der Waals surface area (Å²) < 4.78 is 2.39. The van der Waals surface area contributed by atoms with E-state index >= 15 is 0 Å². The summed E-state index contributed by atoms with van der Waals surface area (Å²) in [6.45, 7) is 0. The van der Waals surface area contributed by atoms with Crippen LogP contribution in [-0.2, 0) is 0 Å². The smallest absolute Gasteiger partial charge is 0.0547 e. The number of fused-ring (bicyclic) bond motifs is 6. The summed E-state index contributed by atoms with van der Waals surface area (Å²) >= 11 is 0. The van der Waals surface area contributed by atoms with E-state index in [0.717, 1.165) is 33.9 Å². The predicted octanol–water partition coefficient (Wildman–Crippen LogP) is 17.2. The molecular weight excluding hydrogens is 773 g/mol. The van der Waals surface area contributed by atoms with E-state index in [0.29, 0.717) is 0 Å². The van der Waals surface area contributed by atoms with E-state index in [2.05, 4.69) is 264 Å². The monoisotopic (exact) mass is 814 g/mol. The third-order valence-corrected chi connectivity index (χ3v) is 12.8. The number of hydrogen-bond acceptors (Lipinski definition) is 1. The van der Waals surface area contributed by atoms with Crippen LogP contribution in [0, 0.1) is 0 Å². The zero-order chi connectivity index (χ0) is 42.4. The van der Waals surface area contributed by atoms with Gasteiger partial charge in [0.2, 0.25) is 0 Å². The number of aromatic nitrogens is 1. The minimum atomic E-state index is 1.09. The number of hydrogen-bond donors (Lipinski definition) is 0. The summed E-state index contributed by atoms with van der Waals surface area (Å²) in [5, 5.41) is 7.47. The van der Waals surface area contributed by atoms with Crippen LogP contribution in [0.25, 0.3) is 93.5 Å². The van der Waals surface area contributed by atoms with Crippen LogP contribution in [-0.4, -0.2) is 4.57 Å². The van der Waals surface area contributed by atoms with Crippen LogP contribution in [0.4, 0.5) is 17.1 Å². The largest absolute Gasteiger partial charge is 0.310 e. The van der Waals surface area contributed by atoms with Crippen molar-refractivity contribution < 1.29 is 0 Å². The fraction of sp³-hybridized carbons (Fsp3) is 0. The van der Waals surface area contributed by atoms with Gasteiger partial charge in [-0.3, -0.25) is 0 Å². The molecule has 11 aromatic carbocycles. The third-order valence-electron chi connectivity index (χ3n) is 12.8. The summed E-state index contributed by atoms with van der Waals surface area (Å²) in [4.78, 5) is 2.42. The molecule has 0 saturated carbocycles. The van der Waals surface area contributed by atoms with Crippen molar-refractivity contribution in [2.24, 2.45) is 0 Å². The second kappa shape index (κ2) is 15.8. The molecule has 300 valence electrons. The van der Waals surface area contributed by atoms with E-state index in [1.165, 1.54) is 76.7 Å². The maximum Gasteiger partial charge on any atom is 0.0547 e. The molecule has 12 aromatic rings. The number of rotatable bonds is 8. The summed E-state index contributed by atoms with van der Waals surface area (Å²) in [6, 6.07) is 92.7. The standard InChI is InChI=1S/C62H42N2/c1-3-15-43(16-4-1)44-29-31-45(32-30-44)46-35-37-52(38-36-46)63(53-39-40-55-50(42-53)34-33-47-17-7-8-22-54(47)55)59-26-11-9-23-56(59)48-18-13-19-49(41-48)57-25-14-28-61-62(57)58-24-10-12-27-60(58)64(61)51-20-5-2-6-21-51/h1-42H. The van der Waals surface area contributed by atoms with Gasteiger partial charge in [-0.25, -0.2) is 0 Å². The Hall–Kier alpha value is -8.46. The SMILES string of the molecule is c1ccc(-c2ccc(-c3ccc(N(c4ccc5c(ccc6ccccc65)c4)c4ccccc4-c4cccc(-c5cccc6c5c5ccccc5n6-c5ccccc5)c4)cc3)cc2)cc1. The van der Waals surface area contributed by atoms with Crippen LogP contribution < -0.4 is 4.90 Å². The second-order valence-electron chi connectivity index (χ2n) is 16.5. The van der Waals surface area contributed by atoms with Crippen molar-refractivity contribution in [3.05, 3.63) is 255 Å². The number of anilines is 3. The number of para-hydroxylation sites is 3. The van der Waals surface area contributed by atoms with Gasteiger partial charge in [-0.05, 0) is 121 Å². The molecule has 0 amide bonds. The Kier molecular flexibility index (Phi) is 9.20. The Morgan fingerprint density at radius 3 is 1.58 bits per heavy atom. The molecule has 2 nitrogen and oxygen atoms in total. The van der Waals surface area contributed by atoms with Crippen molar-refractivity contribution in [1.82, 2.24) is 4.57 Å². The molecule has 2 heteroatoms. The molecule has 1 heterocycles. The summed E-state index contributed by atoms with van der Waals surface area (Å²) in [5.74, 6) is 0. The topological polar surface area (TPSA) is 8.17 Å². The first kappa shape index (κ1) is 37.3. The lowest BCUT2D eigenvalue weighted by atomic mass is 9.94. The molecule has 0 radical (unpaired) electrons.